The van der Waals surface area contributed by atoms with Gasteiger partial charge in [0.15, 0.2) is 0 Å². The first-order chi connectivity index (χ1) is 7.20. The summed E-state index contributed by atoms with van der Waals surface area (Å²) in [7, 11) is 0. The fourth-order valence-electron chi connectivity index (χ4n) is 2.46. The Morgan fingerprint density at radius 1 is 1.13 bits per heavy atom. The van der Waals surface area contributed by atoms with Crippen LogP contribution in [0.4, 0.5) is 5.69 Å². The van der Waals surface area contributed by atoms with Gasteiger partial charge in [0.1, 0.15) is 0 Å². The van der Waals surface area contributed by atoms with Gasteiger partial charge in [0, 0.05) is 30.9 Å². The van der Waals surface area contributed by atoms with E-state index in [2.05, 4.69) is 55.3 Å². The van der Waals surface area contributed by atoms with Crippen molar-refractivity contribution in [2.24, 2.45) is 0 Å². The highest BCUT2D eigenvalue weighted by Crippen LogP contribution is 2.25. The van der Waals surface area contributed by atoms with Gasteiger partial charge in [0.2, 0.25) is 0 Å². The lowest BCUT2D eigenvalue weighted by molar-refractivity contribution is 0.431. The van der Waals surface area contributed by atoms with Gasteiger partial charge < -0.3 is 10.2 Å². The normalized spacial score (nSPS) is 26.7. The Hall–Kier alpha value is -1.02. The summed E-state index contributed by atoms with van der Waals surface area (Å²) < 4.78 is 0. The summed E-state index contributed by atoms with van der Waals surface area (Å²) in [6.07, 6.45) is 0. The number of rotatable bonds is 1. The van der Waals surface area contributed by atoms with E-state index in [1.807, 2.05) is 0 Å². The van der Waals surface area contributed by atoms with Crippen LogP contribution in [0.5, 0.6) is 0 Å². The number of benzene rings is 1. The minimum Gasteiger partial charge on any atom is -0.363 e. The summed E-state index contributed by atoms with van der Waals surface area (Å²) in [6.45, 7) is 8.93. The van der Waals surface area contributed by atoms with Crippen LogP contribution in [0.25, 0.3) is 0 Å². The SMILES string of the molecule is Cc1ccccc1N1[C@@H](C)CNC[C@@H]1C. The number of para-hydroxylation sites is 1. The van der Waals surface area contributed by atoms with E-state index in [4.69, 9.17) is 0 Å². The molecular weight excluding hydrogens is 184 g/mol. The molecule has 82 valence electrons. The zero-order chi connectivity index (χ0) is 10.8. The molecule has 1 heterocycles. The van der Waals surface area contributed by atoms with Crippen molar-refractivity contribution in [2.75, 3.05) is 18.0 Å². The third-order valence-electron chi connectivity index (χ3n) is 3.22. The Bertz CT molecular complexity index is 325. The topological polar surface area (TPSA) is 15.3 Å². The molecule has 1 fully saturated rings. The van der Waals surface area contributed by atoms with Crippen molar-refractivity contribution < 1.29 is 0 Å². The maximum absolute atomic E-state index is 3.46. The van der Waals surface area contributed by atoms with Crippen LogP contribution in [-0.2, 0) is 0 Å². The average Bonchev–Trinajstić information content (AvgIpc) is 2.20. The van der Waals surface area contributed by atoms with E-state index in [9.17, 15) is 0 Å². The fourth-order valence-corrected chi connectivity index (χ4v) is 2.46. The van der Waals surface area contributed by atoms with Gasteiger partial charge in [0.05, 0.1) is 0 Å². The minimum atomic E-state index is 0.579. The zero-order valence-corrected chi connectivity index (χ0v) is 9.83. The summed E-state index contributed by atoms with van der Waals surface area (Å²) in [6, 6.07) is 9.81. The minimum absolute atomic E-state index is 0.579. The number of nitrogens with zero attached hydrogens (tertiary/aromatic N) is 1. The van der Waals surface area contributed by atoms with Crippen LogP contribution in [-0.4, -0.2) is 25.2 Å². The Kier molecular flexibility index (Phi) is 2.96. The second kappa shape index (κ2) is 4.23. The van der Waals surface area contributed by atoms with Crippen molar-refractivity contribution in [1.29, 1.82) is 0 Å². The van der Waals surface area contributed by atoms with Crippen molar-refractivity contribution in [3.05, 3.63) is 29.8 Å². The quantitative estimate of drug-likeness (QED) is 0.754. The van der Waals surface area contributed by atoms with Crippen LogP contribution in [0.3, 0.4) is 0 Å². The molecule has 0 amide bonds. The Labute approximate surface area is 92.3 Å². The van der Waals surface area contributed by atoms with Crippen LogP contribution in [0.2, 0.25) is 0 Å². The molecule has 1 aliphatic rings. The summed E-state index contributed by atoms with van der Waals surface area (Å²) in [5.74, 6) is 0. The largest absolute Gasteiger partial charge is 0.363 e. The van der Waals surface area contributed by atoms with Crippen molar-refractivity contribution >= 4 is 5.69 Å². The summed E-state index contributed by atoms with van der Waals surface area (Å²) in [5, 5.41) is 3.46. The van der Waals surface area contributed by atoms with Gasteiger partial charge in [-0.3, -0.25) is 0 Å². The van der Waals surface area contributed by atoms with Crippen molar-refractivity contribution in [1.82, 2.24) is 5.32 Å². The van der Waals surface area contributed by atoms with Gasteiger partial charge in [-0.15, -0.1) is 0 Å². The highest BCUT2D eigenvalue weighted by Gasteiger charge is 2.25. The van der Waals surface area contributed by atoms with E-state index in [0.29, 0.717) is 12.1 Å². The molecule has 1 saturated heterocycles. The summed E-state index contributed by atoms with van der Waals surface area (Å²) in [4.78, 5) is 2.53. The Balaban J connectivity index is 2.31. The van der Waals surface area contributed by atoms with Gasteiger partial charge in [0.25, 0.3) is 0 Å². The van der Waals surface area contributed by atoms with E-state index >= 15 is 0 Å². The van der Waals surface area contributed by atoms with Crippen molar-refractivity contribution in [3.8, 4) is 0 Å². The van der Waals surface area contributed by atoms with Crippen LogP contribution >= 0.6 is 0 Å². The maximum Gasteiger partial charge on any atom is 0.0401 e. The van der Waals surface area contributed by atoms with Crippen molar-refractivity contribution in [3.63, 3.8) is 0 Å². The van der Waals surface area contributed by atoms with Crippen LogP contribution in [0.15, 0.2) is 24.3 Å². The second-order valence-corrected chi connectivity index (χ2v) is 4.55. The second-order valence-electron chi connectivity index (χ2n) is 4.55. The molecule has 0 radical (unpaired) electrons. The maximum atomic E-state index is 3.46. The van der Waals surface area contributed by atoms with E-state index in [0.717, 1.165) is 13.1 Å². The predicted octanol–water partition coefficient (Wildman–Crippen LogP) is 2.18. The van der Waals surface area contributed by atoms with Gasteiger partial charge in [-0.2, -0.15) is 0 Å². The third-order valence-corrected chi connectivity index (χ3v) is 3.22. The first-order valence-corrected chi connectivity index (χ1v) is 5.75. The smallest absolute Gasteiger partial charge is 0.0401 e. The first kappa shape index (κ1) is 10.5. The molecule has 0 aliphatic carbocycles. The Morgan fingerprint density at radius 3 is 2.33 bits per heavy atom. The molecule has 1 aromatic rings. The number of anilines is 1. The monoisotopic (exact) mass is 204 g/mol. The number of nitrogens with one attached hydrogen (secondary N) is 1. The molecule has 2 heteroatoms. The molecule has 1 N–H and O–H groups in total. The van der Waals surface area contributed by atoms with E-state index in [1.54, 1.807) is 0 Å². The summed E-state index contributed by atoms with van der Waals surface area (Å²) in [5.41, 5.74) is 2.76. The van der Waals surface area contributed by atoms with Gasteiger partial charge >= 0.3 is 0 Å². The fraction of sp³-hybridized carbons (Fsp3) is 0.538. The molecule has 0 unspecified atom stereocenters. The number of hydrogen-bond donors (Lipinski definition) is 1. The highest BCUT2D eigenvalue weighted by molar-refractivity contribution is 5.55. The predicted molar refractivity (Wildman–Crippen MR) is 65.5 cm³/mol. The van der Waals surface area contributed by atoms with E-state index < -0.39 is 0 Å². The number of piperazine rings is 1. The van der Waals surface area contributed by atoms with Gasteiger partial charge in [-0.25, -0.2) is 0 Å². The molecule has 1 aliphatic heterocycles. The van der Waals surface area contributed by atoms with Crippen LogP contribution < -0.4 is 10.2 Å². The molecule has 2 nitrogen and oxygen atoms in total. The van der Waals surface area contributed by atoms with Crippen LogP contribution in [0.1, 0.15) is 19.4 Å². The molecule has 1 aromatic carbocycles. The molecule has 2 atom stereocenters. The molecule has 15 heavy (non-hydrogen) atoms. The zero-order valence-electron chi connectivity index (χ0n) is 9.83. The van der Waals surface area contributed by atoms with E-state index in [1.165, 1.54) is 11.3 Å². The number of hydrogen-bond acceptors (Lipinski definition) is 2. The lowest BCUT2D eigenvalue weighted by Crippen LogP contribution is -2.55. The molecule has 0 aromatic heterocycles. The van der Waals surface area contributed by atoms with Gasteiger partial charge in [-0.05, 0) is 32.4 Å². The molecule has 2 rings (SSSR count). The Morgan fingerprint density at radius 2 is 1.73 bits per heavy atom. The van der Waals surface area contributed by atoms with Crippen LogP contribution in [0, 0.1) is 6.92 Å². The molecule has 0 saturated carbocycles. The number of aryl methyl sites for hydroxylation is 1. The molecule has 0 bridgehead atoms. The average molecular weight is 204 g/mol. The first-order valence-electron chi connectivity index (χ1n) is 5.75. The van der Waals surface area contributed by atoms with E-state index in [-0.39, 0.29) is 0 Å². The lowest BCUT2D eigenvalue weighted by atomic mass is 10.1. The summed E-state index contributed by atoms with van der Waals surface area (Å²) >= 11 is 0. The molecule has 0 spiro atoms. The van der Waals surface area contributed by atoms with Gasteiger partial charge in [-0.1, -0.05) is 18.2 Å². The standard InChI is InChI=1S/C13H20N2/c1-10-6-4-5-7-13(10)15-11(2)8-14-9-12(15)3/h4-7,11-12,14H,8-9H2,1-3H3/t11-,12-/m0/s1. The highest BCUT2D eigenvalue weighted by atomic mass is 15.2. The molecular formula is C13H20N2. The van der Waals surface area contributed by atoms with Crippen molar-refractivity contribution in [2.45, 2.75) is 32.9 Å². The third kappa shape index (κ3) is 2.00. The lowest BCUT2D eigenvalue weighted by Gasteiger charge is -2.42.